The van der Waals surface area contributed by atoms with Gasteiger partial charge in [-0.15, -0.1) is 22.7 Å². The zero-order chi connectivity index (χ0) is 26.2. The van der Waals surface area contributed by atoms with Crippen molar-refractivity contribution >= 4 is 67.8 Å². The van der Waals surface area contributed by atoms with E-state index in [1.807, 2.05) is 0 Å². The number of Topliss-reactive ketones (excluding diaryl/α,β-unsaturated/α-hetero) is 2. The standard InChI is InChI=1S/C22H30N4O6S4/c1-31-19(29)11-15(23-5-3-17(27)21-25-7-9-33-21)13-35-36-14-16(12-20(30)32-2)24-6-4-18(28)22-26-8-10-34-22/h7-10,15-16,23-24H,3-6,11-14H2,1-2H3. The molecule has 0 bridgehead atoms. The van der Waals surface area contributed by atoms with E-state index < -0.39 is 0 Å². The predicted octanol–water partition coefficient (Wildman–Crippen LogP) is 2.87. The topological polar surface area (TPSA) is 137 Å². The van der Waals surface area contributed by atoms with Crippen molar-refractivity contribution in [2.75, 3.05) is 38.8 Å². The Bertz CT molecular complexity index is 866. The lowest BCUT2D eigenvalue weighted by atomic mass is 10.2. The summed E-state index contributed by atoms with van der Waals surface area (Å²) in [6.07, 6.45) is 4.12. The Labute approximate surface area is 226 Å². The molecule has 2 aromatic heterocycles. The number of esters is 2. The molecule has 198 valence electrons. The van der Waals surface area contributed by atoms with Crippen LogP contribution in [0.1, 0.15) is 45.3 Å². The summed E-state index contributed by atoms with van der Waals surface area (Å²) in [5.41, 5.74) is 0. The van der Waals surface area contributed by atoms with Gasteiger partial charge in [-0.1, -0.05) is 21.6 Å². The largest absolute Gasteiger partial charge is 0.469 e. The molecule has 2 aromatic rings. The predicted molar refractivity (Wildman–Crippen MR) is 144 cm³/mol. The third-order valence-electron chi connectivity index (χ3n) is 4.82. The SMILES string of the molecule is COC(=O)CC(CSSCC(CC(=O)OC)NCCC(=O)c1nccs1)NCCC(=O)c1nccs1. The molecule has 0 amide bonds. The first kappa shape index (κ1) is 30.4. The van der Waals surface area contributed by atoms with Crippen LogP contribution in [0.4, 0.5) is 0 Å². The van der Waals surface area contributed by atoms with Crippen LogP contribution in [-0.4, -0.2) is 84.4 Å². The van der Waals surface area contributed by atoms with Gasteiger partial charge in [0.2, 0.25) is 0 Å². The molecule has 0 saturated carbocycles. The maximum absolute atomic E-state index is 12.1. The highest BCUT2D eigenvalue weighted by Gasteiger charge is 2.18. The second kappa shape index (κ2) is 17.6. The van der Waals surface area contributed by atoms with E-state index in [2.05, 4.69) is 20.6 Å². The van der Waals surface area contributed by atoms with E-state index in [0.717, 1.165) is 0 Å². The van der Waals surface area contributed by atoms with E-state index in [-0.39, 0.29) is 61.3 Å². The summed E-state index contributed by atoms with van der Waals surface area (Å²) >= 11 is 2.61. The van der Waals surface area contributed by atoms with Gasteiger partial charge in [0.25, 0.3) is 0 Å². The van der Waals surface area contributed by atoms with Crippen molar-refractivity contribution in [1.82, 2.24) is 20.6 Å². The molecule has 2 atom stereocenters. The van der Waals surface area contributed by atoms with Gasteiger partial charge in [-0.2, -0.15) is 0 Å². The van der Waals surface area contributed by atoms with E-state index in [4.69, 9.17) is 9.47 Å². The zero-order valence-electron chi connectivity index (χ0n) is 20.1. The van der Waals surface area contributed by atoms with Crippen molar-refractivity contribution in [2.24, 2.45) is 0 Å². The minimum atomic E-state index is -0.334. The number of nitrogens with zero attached hydrogens (tertiary/aromatic N) is 2. The number of ether oxygens (including phenoxy) is 2. The number of hydrogen-bond acceptors (Lipinski definition) is 14. The number of aromatic nitrogens is 2. The van der Waals surface area contributed by atoms with Gasteiger partial charge >= 0.3 is 11.9 Å². The molecule has 14 heteroatoms. The number of rotatable bonds is 19. The molecule has 0 aliphatic carbocycles. The molecule has 2 N–H and O–H groups in total. The Morgan fingerprint density at radius 3 is 1.56 bits per heavy atom. The van der Waals surface area contributed by atoms with Crippen molar-refractivity contribution in [3.63, 3.8) is 0 Å². The number of nitrogens with one attached hydrogen (secondary N) is 2. The second-order valence-corrected chi connectivity index (χ2v) is 11.8. The Morgan fingerprint density at radius 2 is 1.22 bits per heavy atom. The number of carbonyl (C=O) groups excluding carboxylic acids is 4. The quantitative estimate of drug-likeness (QED) is 0.110. The number of hydrogen-bond donors (Lipinski definition) is 2. The molecule has 2 unspecified atom stereocenters. The summed E-state index contributed by atoms with van der Waals surface area (Å²) in [5.74, 6) is 0.443. The molecule has 36 heavy (non-hydrogen) atoms. The van der Waals surface area contributed by atoms with Crippen LogP contribution in [0.2, 0.25) is 0 Å². The molecule has 0 spiro atoms. The Kier molecular flexibility index (Phi) is 14.8. The lowest BCUT2D eigenvalue weighted by Crippen LogP contribution is -2.36. The highest BCUT2D eigenvalue weighted by atomic mass is 33.1. The average molecular weight is 575 g/mol. The minimum absolute atomic E-state index is 0.0404. The minimum Gasteiger partial charge on any atom is -0.469 e. The molecular weight excluding hydrogens is 545 g/mol. The van der Waals surface area contributed by atoms with Crippen LogP contribution in [0.15, 0.2) is 23.2 Å². The summed E-state index contributed by atoms with van der Waals surface area (Å²) in [7, 11) is 5.80. The molecule has 0 aliphatic heterocycles. The lowest BCUT2D eigenvalue weighted by molar-refractivity contribution is -0.142. The van der Waals surface area contributed by atoms with Gasteiger partial charge in [0, 0.05) is 72.7 Å². The Morgan fingerprint density at radius 1 is 0.806 bits per heavy atom. The van der Waals surface area contributed by atoms with Crippen molar-refractivity contribution < 1.29 is 28.7 Å². The van der Waals surface area contributed by atoms with Crippen LogP contribution >= 0.6 is 44.3 Å². The van der Waals surface area contributed by atoms with Crippen molar-refractivity contribution in [3.05, 3.63) is 33.2 Å². The second-order valence-electron chi connectivity index (χ2n) is 7.45. The van der Waals surface area contributed by atoms with Crippen LogP contribution in [0, 0.1) is 0 Å². The van der Waals surface area contributed by atoms with Gasteiger partial charge in [0.05, 0.1) is 27.1 Å². The van der Waals surface area contributed by atoms with Crippen LogP contribution in [0.5, 0.6) is 0 Å². The summed E-state index contributed by atoms with van der Waals surface area (Å²) < 4.78 is 9.59. The fourth-order valence-electron chi connectivity index (χ4n) is 2.93. The maximum atomic E-state index is 12.1. The lowest BCUT2D eigenvalue weighted by Gasteiger charge is -2.19. The summed E-state index contributed by atoms with van der Waals surface area (Å²) in [6, 6.07) is -0.357. The highest BCUT2D eigenvalue weighted by Crippen LogP contribution is 2.25. The molecular formula is C22H30N4O6S4. The average Bonchev–Trinajstić information content (AvgIpc) is 3.60. The van der Waals surface area contributed by atoms with Gasteiger partial charge < -0.3 is 20.1 Å². The normalized spacial score (nSPS) is 12.6. The molecule has 2 rings (SSSR count). The van der Waals surface area contributed by atoms with E-state index in [9.17, 15) is 19.2 Å². The van der Waals surface area contributed by atoms with E-state index >= 15 is 0 Å². The van der Waals surface area contributed by atoms with Gasteiger partial charge in [-0.25, -0.2) is 9.97 Å². The molecule has 0 aliphatic rings. The molecule has 10 nitrogen and oxygen atoms in total. The van der Waals surface area contributed by atoms with Crippen molar-refractivity contribution in [2.45, 2.75) is 37.8 Å². The fraction of sp³-hybridized carbons (Fsp3) is 0.545. The summed E-state index contributed by atoms with van der Waals surface area (Å²) in [6.45, 7) is 0.843. The van der Waals surface area contributed by atoms with E-state index in [1.165, 1.54) is 36.9 Å². The third kappa shape index (κ3) is 11.9. The summed E-state index contributed by atoms with van der Waals surface area (Å²) in [4.78, 5) is 56.0. The molecule has 0 fully saturated rings. The highest BCUT2D eigenvalue weighted by molar-refractivity contribution is 8.76. The first-order valence-electron chi connectivity index (χ1n) is 11.1. The van der Waals surface area contributed by atoms with Crippen molar-refractivity contribution in [3.8, 4) is 0 Å². The smallest absolute Gasteiger partial charge is 0.307 e. The van der Waals surface area contributed by atoms with Gasteiger partial charge in [0.15, 0.2) is 21.6 Å². The molecule has 0 saturated heterocycles. The zero-order valence-corrected chi connectivity index (χ0v) is 23.4. The Balaban J connectivity index is 1.76. The third-order valence-corrected chi connectivity index (χ3v) is 9.00. The van der Waals surface area contributed by atoms with Gasteiger partial charge in [-0.05, 0) is 0 Å². The molecule has 0 aromatic carbocycles. The monoisotopic (exact) mass is 574 g/mol. The van der Waals surface area contributed by atoms with Crippen LogP contribution in [-0.2, 0) is 19.1 Å². The number of carbonyl (C=O) groups is 4. The first-order chi connectivity index (χ1) is 17.4. The number of thiazole rings is 2. The first-order valence-corrected chi connectivity index (χ1v) is 15.4. The maximum Gasteiger partial charge on any atom is 0.307 e. The van der Waals surface area contributed by atoms with E-state index in [0.29, 0.717) is 34.6 Å². The number of ketones is 2. The molecule has 2 heterocycles. The van der Waals surface area contributed by atoms with Crippen LogP contribution < -0.4 is 10.6 Å². The molecule has 0 radical (unpaired) electrons. The Hall–Kier alpha value is -1.84. The summed E-state index contributed by atoms with van der Waals surface area (Å²) in [5, 5.41) is 11.0. The van der Waals surface area contributed by atoms with Gasteiger partial charge in [-0.3, -0.25) is 19.2 Å². The van der Waals surface area contributed by atoms with Crippen LogP contribution in [0.3, 0.4) is 0 Å². The fourth-order valence-corrected chi connectivity index (χ4v) is 6.69. The van der Waals surface area contributed by atoms with Crippen molar-refractivity contribution in [1.29, 1.82) is 0 Å². The van der Waals surface area contributed by atoms with E-state index in [1.54, 1.807) is 44.7 Å². The van der Waals surface area contributed by atoms with Crippen LogP contribution in [0.25, 0.3) is 0 Å². The number of methoxy groups -OCH3 is 2. The van der Waals surface area contributed by atoms with Gasteiger partial charge in [0.1, 0.15) is 0 Å².